The smallest absolute Gasteiger partial charge is 0.253 e. The lowest BCUT2D eigenvalue weighted by atomic mass is 9.92. The van der Waals surface area contributed by atoms with E-state index in [1.54, 1.807) is 16.8 Å². The molecule has 2 heterocycles. The Balaban J connectivity index is 1.73. The second-order valence-corrected chi connectivity index (χ2v) is 8.39. The van der Waals surface area contributed by atoms with Crippen LogP contribution < -0.4 is 5.32 Å². The van der Waals surface area contributed by atoms with Crippen LogP contribution in [-0.4, -0.2) is 39.0 Å². The number of hydrogen-bond donors (Lipinski definition) is 2. The van der Waals surface area contributed by atoms with Gasteiger partial charge in [0.25, 0.3) is 5.91 Å². The van der Waals surface area contributed by atoms with E-state index < -0.39 is 23.6 Å². The highest BCUT2D eigenvalue weighted by Crippen LogP contribution is 2.29. The Morgan fingerprint density at radius 2 is 2.03 bits per heavy atom. The van der Waals surface area contributed by atoms with Crippen LogP contribution in [0, 0.1) is 11.6 Å². The summed E-state index contributed by atoms with van der Waals surface area (Å²) in [5.41, 5.74) is 0.982. The molecule has 30 heavy (non-hydrogen) atoms. The third kappa shape index (κ3) is 4.06. The maximum absolute atomic E-state index is 14.7. The van der Waals surface area contributed by atoms with E-state index in [9.17, 15) is 18.7 Å². The van der Waals surface area contributed by atoms with Gasteiger partial charge in [-0.3, -0.25) is 4.79 Å². The van der Waals surface area contributed by atoms with Crippen molar-refractivity contribution in [2.45, 2.75) is 49.4 Å². The monoisotopic (exact) mass is 431 g/mol. The maximum atomic E-state index is 14.7. The number of aliphatic hydroxyl groups is 1. The van der Waals surface area contributed by atoms with E-state index in [-0.39, 0.29) is 29.1 Å². The van der Waals surface area contributed by atoms with Crippen LogP contribution in [0.5, 0.6) is 0 Å². The van der Waals surface area contributed by atoms with Crippen molar-refractivity contribution in [3.05, 3.63) is 59.4 Å². The van der Waals surface area contributed by atoms with Crippen molar-refractivity contribution < 1.29 is 18.7 Å². The Kier molecular flexibility index (Phi) is 6.06. The molecule has 2 atom stereocenters. The number of carbonyl (C=O) groups excluding carboxylic acids is 1. The summed E-state index contributed by atoms with van der Waals surface area (Å²) in [5, 5.41) is 13.8. The molecule has 158 valence electrons. The zero-order valence-corrected chi connectivity index (χ0v) is 17.4. The molecular formula is C22H23F2N3O2S. The molecule has 0 bridgehead atoms. The molecule has 1 aliphatic carbocycles. The van der Waals surface area contributed by atoms with E-state index in [1.807, 2.05) is 12.3 Å². The second kappa shape index (κ2) is 8.73. The zero-order valence-electron chi connectivity index (χ0n) is 16.6. The van der Waals surface area contributed by atoms with Crippen LogP contribution in [0.1, 0.15) is 41.6 Å². The van der Waals surface area contributed by atoms with Crippen LogP contribution in [0.15, 0.2) is 41.7 Å². The minimum absolute atomic E-state index is 0.0445. The normalized spacial score (nSPS) is 19.2. The van der Waals surface area contributed by atoms with Gasteiger partial charge >= 0.3 is 0 Å². The molecule has 0 saturated heterocycles. The molecule has 5 nitrogen and oxygen atoms in total. The summed E-state index contributed by atoms with van der Waals surface area (Å²) in [6.45, 7) is 0.270. The molecule has 1 fully saturated rings. The fourth-order valence-corrected chi connectivity index (χ4v) is 4.48. The average Bonchev–Trinajstić information content (AvgIpc) is 3.13. The number of aliphatic hydroxyl groups excluding tert-OH is 1. The number of rotatable bonds is 5. The summed E-state index contributed by atoms with van der Waals surface area (Å²) in [5.74, 6) is -1.75. The van der Waals surface area contributed by atoms with Gasteiger partial charge < -0.3 is 15.0 Å². The highest BCUT2D eigenvalue weighted by atomic mass is 32.2. The fourth-order valence-electron chi connectivity index (χ4n) is 4.04. The van der Waals surface area contributed by atoms with E-state index in [0.29, 0.717) is 12.8 Å². The van der Waals surface area contributed by atoms with Crippen LogP contribution in [-0.2, 0) is 6.54 Å². The summed E-state index contributed by atoms with van der Waals surface area (Å²) in [7, 11) is 0. The number of benzene rings is 1. The first-order valence-corrected chi connectivity index (χ1v) is 11.1. The number of thioether (sulfide) groups is 1. The number of amides is 1. The highest BCUT2D eigenvalue weighted by molar-refractivity contribution is 7.98. The number of pyridine rings is 1. The lowest BCUT2D eigenvalue weighted by Crippen LogP contribution is -2.45. The van der Waals surface area contributed by atoms with Gasteiger partial charge in [-0.15, -0.1) is 11.8 Å². The summed E-state index contributed by atoms with van der Waals surface area (Å²) in [4.78, 5) is 17.2. The van der Waals surface area contributed by atoms with Crippen LogP contribution in [0.2, 0.25) is 0 Å². The van der Waals surface area contributed by atoms with Crippen molar-refractivity contribution in [1.29, 1.82) is 0 Å². The van der Waals surface area contributed by atoms with Crippen molar-refractivity contribution >= 4 is 28.6 Å². The topological polar surface area (TPSA) is 67.2 Å². The Morgan fingerprint density at radius 3 is 2.80 bits per heavy atom. The summed E-state index contributed by atoms with van der Waals surface area (Å²) >= 11 is 1.49. The van der Waals surface area contributed by atoms with Gasteiger partial charge in [-0.1, -0.05) is 12.8 Å². The zero-order chi connectivity index (χ0) is 21.3. The number of nitrogens with one attached hydrogen (secondary N) is 1. The molecule has 3 aromatic rings. The molecule has 0 unspecified atom stereocenters. The Morgan fingerprint density at radius 1 is 1.27 bits per heavy atom. The largest absolute Gasteiger partial charge is 0.391 e. The summed E-state index contributed by atoms with van der Waals surface area (Å²) < 4.78 is 30.9. The SMILES string of the molecule is CSc1cc(Cn2cc(C(=O)N[C@H]3CCCC[C@@H]3O)c3c(F)ccc(F)c32)ccn1. The summed E-state index contributed by atoms with van der Waals surface area (Å²) in [6, 6.07) is 5.41. The van der Waals surface area contributed by atoms with E-state index >= 15 is 0 Å². The van der Waals surface area contributed by atoms with Crippen molar-refractivity contribution in [2.75, 3.05) is 6.26 Å². The molecule has 2 N–H and O–H groups in total. The van der Waals surface area contributed by atoms with Crippen molar-refractivity contribution in [3.63, 3.8) is 0 Å². The van der Waals surface area contributed by atoms with Crippen LogP contribution in [0.25, 0.3) is 10.9 Å². The molecule has 0 aliphatic heterocycles. The van der Waals surface area contributed by atoms with Gasteiger partial charge in [0.05, 0.1) is 33.6 Å². The van der Waals surface area contributed by atoms with Gasteiger partial charge in [-0.05, 0) is 48.9 Å². The molecule has 1 saturated carbocycles. The quantitative estimate of drug-likeness (QED) is 0.597. The first-order valence-electron chi connectivity index (χ1n) is 9.92. The Bertz CT molecular complexity index is 1090. The van der Waals surface area contributed by atoms with Crippen molar-refractivity contribution in [1.82, 2.24) is 14.9 Å². The number of hydrogen-bond acceptors (Lipinski definition) is 4. The van der Waals surface area contributed by atoms with Crippen LogP contribution in [0.4, 0.5) is 8.78 Å². The fraction of sp³-hybridized carbons (Fsp3) is 0.364. The molecule has 0 spiro atoms. The summed E-state index contributed by atoms with van der Waals surface area (Å²) in [6.07, 6.45) is 7.55. The van der Waals surface area contributed by atoms with E-state index in [0.717, 1.165) is 35.6 Å². The molecular weight excluding hydrogens is 408 g/mol. The molecule has 1 amide bonds. The maximum Gasteiger partial charge on any atom is 0.253 e. The van der Waals surface area contributed by atoms with Gasteiger partial charge in [0.2, 0.25) is 0 Å². The molecule has 4 rings (SSSR count). The number of carbonyl (C=O) groups is 1. The van der Waals surface area contributed by atoms with Crippen LogP contribution in [0.3, 0.4) is 0 Å². The van der Waals surface area contributed by atoms with Gasteiger partial charge in [0.15, 0.2) is 0 Å². The standard InChI is InChI=1S/C22H23F2N3O2S/c1-30-19-10-13(8-9-25-19)11-27-12-14(20-15(23)6-7-16(24)21(20)27)22(29)26-17-4-2-3-5-18(17)28/h6-10,12,17-18,28H,2-5,11H2,1H3,(H,26,29)/t17-,18-/m0/s1. The predicted octanol–water partition coefficient (Wildman–Crippen LogP) is 4.12. The first-order chi connectivity index (χ1) is 14.5. The molecule has 2 aromatic heterocycles. The van der Waals surface area contributed by atoms with E-state index in [2.05, 4.69) is 10.3 Å². The van der Waals surface area contributed by atoms with Crippen LogP contribution >= 0.6 is 11.8 Å². The number of fused-ring (bicyclic) bond motifs is 1. The number of nitrogens with zero attached hydrogens (tertiary/aromatic N) is 2. The molecule has 0 radical (unpaired) electrons. The highest BCUT2D eigenvalue weighted by Gasteiger charge is 2.27. The van der Waals surface area contributed by atoms with Gasteiger partial charge in [0, 0.05) is 18.9 Å². The third-order valence-electron chi connectivity index (χ3n) is 5.57. The molecule has 1 aliphatic rings. The van der Waals surface area contributed by atoms with Gasteiger partial charge in [-0.25, -0.2) is 13.8 Å². The number of aromatic nitrogens is 2. The third-order valence-corrected chi connectivity index (χ3v) is 6.21. The number of halogens is 2. The lowest BCUT2D eigenvalue weighted by Gasteiger charge is -2.28. The first kappa shape index (κ1) is 20.8. The minimum Gasteiger partial charge on any atom is -0.391 e. The van der Waals surface area contributed by atoms with Crippen molar-refractivity contribution in [3.8, 4) is 0 Å². The van der Waals surface area contributed by atoms with Gasteiger partial charge in [-0.2, -0.15) is 0 Å². The molecule has 8 heteroatoms. The van der Waals surface area contributed by atoms with E-state index in [1.165, 1.54) is 18.0 Å². The second-order valence-electron chi connectivity index (χ2n) is 7.56. The average molecular weight is 432 g/mol. The minimum atomic E-state index is -0.654. The Hall–Kier alpha value is -2.45. The van der Waals surface area contributed by atoms with Gasteiger partial charge in [0.1, 0.15) is 11.6 Å². The van der Waals surface area contributed by atoms with Crippen molar-refractivity contribution in [2.24, 2.45) is 0 Å². The Labute approximate surface area is 177 Å². The molecule has 1 aromatic carbocycles. The van der Waals surface area contributed by atoms with E-state index in [4.69, 9.17) is 0 Å². The predicted molar refractivity (Wildman–Crippen MR) is 113 cm³/mol. The lowest BCUT2D eigenvalue weighted by molar-refractivity contribution is 0.0718.